The number of β-amino-alcohol motifs (C(OH)–C–C–N with tert-alkyl or cyclic N) is 1. The van der Waals surface area contributed by atoms with Crippen molar-refractivity contribution < 1.29 is 19.5 Å². The lowest BCUT2D eigenvalue weighted by Crippen LogP contribution is -2.52. The molecule has 2 aliphatic heterocycles. The van der Waals surface area contributed by atoms with E-state index in [0.717, 1.165) is 12.0 Å². The van der Waals surface area contributed by atoms with Gasteiger partial charge < -0.3 is 19.8 Å². The number of carbonyl (C=O) groups excluding carboxylic acids is 3. The van der Waals surface area contributed by atoms with Gasteiger partial charge >= 0.3 is 0 Å². The lowest BCUT2D eigenvalue weighted by molar-refractivity contribution is -0.143. The van der Waals surface area contributed by atoms with Crippen molar-refractivity contribution in [1.29, 1.82) is 0 Å². The Morgan fingerprint density at radius 1 is 1.13 bits per heavy atom. The molecule has 3 amide bonds. The quantitative estimate of drug-likeness (QED) is 0.689. The average Bonchev–Trinajstić information content (AvgIpc) is 2.90. The Kier molecular flexibility index (Phi) is 7.62. The fourth-order valence-electron chi connectivity index (χ4n) is 3.84. The number of likely N-dealkylation sites (tertiary alicyclic amines) is 1. The van der Waals surface area contributed by atoms with Crippen LogP contribution < -0.4 is 0 Å². The second kappa shape index (κ2) is 10.0. The molecule has 0 aliphatic carbocycles. The van der Waals surface area contributed by atoms with E-state index < -0.39 is 5.60 Å². The van der Waals surface area contributed by atoms with E-state index in [1.165, 1.54) is 11.0 Å². The van der Waals surface area contributed by atoms with Crippen molar-refractivity contribution in [3.05, 3.63) is 39.9 Å². The van der Waals surface area contributed by atoms with Crippen LogP contribution in [0.25, 0.3) is 6.08 Å². The zero-order valence-corrected chi connectivity index (χ0v) is 19.0. The summed E-state index contributed by atoms with van der Waals surface area (Å²) < 4.78 is 0. The summed E-state index contributed by atoms with van der Waals surface area (Å²) in [6.45, 7) is 3.49. The third-order valence-electron chi connectivity index (χ3n) is 5.62. The van der Waals surface area contributed by atoms with Gasteiger partial charge in [-0.1, -0.05) is 29.3 Å². The fraction of sp³-hybridized carbons (Fsp3) is 0.500. The average molecular weight is 468 g/mol. The molecular weight excluding hydrogens is 441 g/mol. The smallest absolute Gasteiger partial charge is 0.246 e. The van der Waals surface area contributed by atoms with Crippen molar-refractivity contribution >= 4 is 47.0 Å². The third kappa shape index (κ3) is 6.45. The topological polar surface area (TPSA) is 81.2 Å². The second-order valence-electron chi connectivity index (χ2n) is 8.31. The van der Waals surface area contributed by atoms with Crippen molar-refractivity contribution in [2.24, 2.45) is 0 Å². The summed E-state index contributed by atoms with van der Waals surface area (Å²) in [4.78, 5) is 42.4. The van der Waals surface area contributed by atoms with Crippen LogP contribution in [-0.2, 0) is 14.4 Å². The van der Waals surface area contributed by atoms with Gasteiger partial charge in [-0.3, -0.25) is 14.4 Å². The summed E-state index contributed by atoms with van der Waals surface area (Å²) in [6, 6.07) is 5.09. The molecule has 2 fully saturated rings. The van der Waals surface area contributed by atoms with Crippen LogP contribution in [0.2, 0.25) is 10.0 Å². The first-order valence-electron chi connectivity index (χ1n) is 10.3. The largest absolute Gasteiger partial charge is 0.388 e. The first-order valence-corrected chi connectivity index (χ1v) is 11.1. The summed E-state index contributed by atoms with van der Waals surface area (Å²) in [6.07, 6.45) is 4.66. The highest BCUT2D eigenvalue weighted by atomic mass is 35.5. The van der Waals surface area contributed by atoms with Gasteiger partial charge in [-0.05, 0) is 43.5 Å². The van der Waals surface area contributed by atoms with E-state index >= 15 is 0 Å². The molecular formula is C22H27Cl2N3O4. The summed E-state index contributed by atoms with van der Waals surface area (Å²) >= 11 is 11.9. The van der Waals surface area contributed by atoms with Crippen molar-refractivity contribution in [2.45, 2.75) is 31.8 Å². The zero-order valence-electron chi connectivity index (χ0n) is 17.5. The van der Waals surface area contributed by atoms with E-state index in [9.17, 15) is 19.5 Å². The molecule has 1 unspecified atom stereocenters. The van der Waals surface area contributed by atoms with Crippen LogP contribution in [0.4, 0.5) is 0 Å². The number of aliphatic hydroxyl groups is 1. The van der Waals surface area contributed by atoms with Crippen molar-refractivity contribution in [3.63, 3.8) is 0 Å². The molecule has 0 aromatic heterocycles. The molecule has 0 spiro atoms. The molecule has 168 valence electrons. The summed E-state index contributed by atoms with van der Waals surface area (Å²) in [5.41, 5.74) is -0.140. The summed E-state index contributed by atoms with van der Waals surface area (Å²) in [5, 5.41) is 11.1. The van der Waals surface area contributed by atoms with Gasteiger partial charge in [0.2, 0.25) is 17.7 Å². The maximum Gasteiger partial charge on any atom is 0.246 e. The van der Waals surface area contributed by atoms with Crippen molar-refractivity contribution in [2.75, 3.05) is 39.3 Å². The maximum atomic E-state index is 12.6. The van der Waals surface area contributed by atoms with E-state index in [4.69, 9.17) is 23.2 Å². The summed E-state index contributed by atoms with van der Waals surface area (Å²) in [7, 11) is 0. The zero-order chi connectivity index (χ0) is 22.6. The molecule has 1 N–H and O–H groups in total. The highest BCUT2D eigenvalue weighted by Crippen LogP contribution is 2.23. The van der Waals surface area contributed by atoms with E-state index in [1.807, 2.05) is 0 Å². The Hall–Kier alpha value is -2.09. The van der Waals surface area contributed by atoms with E-state index in [0.29, 0.717) is 42.6 Å². The molecule has 1 aromatic rings. The molecule has 3 rings (SSSR count). The number of piperidine rings is 1. The number of amides is 3. The molecule has 0 bridgehead atoms. The van der Waals surface area contributed by atoms with Crippen LogP contribution in [0.1, 0.15) is 31.7 Å². The van der Waals surface area contributed by atoms with Gasteiger partial charge in [-0.15, -0.1) is 0 Å². The number of nitrogens with zero attached hydrogens (tertiary/aromatic N) is 3. The number of carbonyl (C=O) groups is 3. The SMILES string of the molecule is CC1(O)CCCN(C(=O)CN2CCN(C(=O)C=Cc3ccc(Cl)c(Cl)c3)CCC2=O)C1. The fourth-order valence-corrected chi connectivity index (χ4v) is 4.15. The molecule has 7 nitrogen and oxygen atoms in total. The minimum absolute atomic E-state index is 0.0317. The van der Waals surface area contributed by atoms with Crippen LogP contribution in [0.15, 0.2) is 24.3 Å². The van der Waals surface area contributed by atoms with Gasteiger partial charge in [0.1, 0.15) is 0 Å². The number of rotatable bonds is 4. The van der Waals surface area contributed by atoms with Crippen LogP contribution in [0, 0.1) is 0 Å². The van der Waals surface area contributed by atoms with Gasteiger partial charge in [0.05, 0.1) is 22.2 Å². The van der Waals surface area contributed by atoms with Crippen LogP contribution in [-0.4, -0.2) is 82.4 Å². The predicted molar refractivity (Wildman–Crippen MR) is 120 cm³/mol. The Labute approximate surface area is 192 Å². The minimum Gasteiger partial charge on any atom is -0.388 e. The van der Waals surface area contributed by atoms with Crippen LogP contribution in [0.3, 0.4) is 0 Å². The van der Waals surface area contributed by atoms with Gasteiger partial charge in [0, 0.05) is 45.2 Å². The number of benzene rings is 1. The minimum atomic E-state index is -0.888. The third-order valence-corrected chi connectivity index (χ3v) is 6.35. The molecule has 1 aromatic carbocycles. The molecule has 2 aliphatic rings. The molecule has 0 radical (unpaired) electrons. The van der Waals surface area contributed by atoms with Crippen molar-refractivity contribution in [3.8, 4) is 0 Å². The van der Waals surface area contributed by atoms with E-state index in [1.54, 1.807) is 41.0 Å². The van der Waals surface area contributed by atoms with Crippen LogP contribution >= 0.6 is 23.2 Å². The van der Waals surface area contributed by atoms with Crippen LogP contribution in [0.5, 0.6) is 0 Å². The molecule has 9 heteroatoms. The van der Waals surface area contributed by atoms with Gasteiger partial charge in [0.15, 0.2) is 0 Å². The number of hydrogen-bond acceptors (Lipinski definition) is 4. The van der Waals surface area contributed by atoms with E-state index in [-0.39, 0.29) is 37.2 Å². The first kappa shape index (κ1) is 23.6. The van der Waals surface area contributed by atoms with E-state index in [2.05, 4.69) is 0 Å². The Bertz CT molecular complexity index is 888. The summed E-state index contributed by atoms with van der Waals surface area (Å²) in [5.74, 6) is -0.535. The second-order valence-corrected chi connectivity index (χ2v) is 9.13. The standard InChI is InChI=1S/C22H27Cl2N3O4/c1-22(31)8-2-9-27(15-22)21(30)14-26-12-11-25(10-7-20(26)29)19(28)6-4-16-3-5-17(23)18(24)13-16/h3-6,13,31H,2,7-12,14-15H2,1H3. The maximum absolute atomic E-state index is 12.6. The molecule has 2 saturated heterocycles. The number of hydrogen-bond donors (Lipinski definition) is 1. The highest BCUT2D eigenvalue weighted by Gasteiger charge is 2.32. The molecule has 0 saturated carbocycles. The van der Waals surface area contributed by atoms with Gasteiger partial charge in [-0.25, -0.2) is 0 Å². The normalized spacial score (nSPS) is 22.7. The molecule has 1 atom stereocenters. The predicted octanol–water partition coefficient (Wildman–Crippen LogP) is 2.44. The Morgan fingerprint density at radius 3 is 2.61 bits per heavy atom. The first-order chi connectivity index (χ1) is 14.6. The van der Waals surface area contributed by atoms with Crippen molar-refractivity contribution in [1.82, 2.24) is 14.7 Å². The Morgan fingerprint density at radius 2 is 1.90 bits per heavy atom. The lowest BCUT2D eigenvalue weighted by Gasteiger charge is -2.37. The highest BCUT2D eigenvalue weighted by molar-refractivity contribution is 6.42. The molecule has 31 heavy (non-hydrogen) atoms. The number of halogens is 2. The Balaban J connectivity index is 1.56. The van der Waals surface area contributed by atoms with Gasteiger partial charge in [0.25, 0.3) is 0 Å². The van der Waals surface area contributed by atoms with Gasteiger partial charge in [-0.2, -0.15) is 0 Å². The monoisotopic (exact) mass is 467 g/mol. The lowest BCUT2D eigenvalue weighted by atomic mass is 9.95. The molecule has 2 heterocycles.